The maximum atomic E-state index is 12.0. The summed E-state index contributed by atoms with van der Waals surface area (Å²) in [6.07, 6.45) is 1.46. The van der Waals surface area contributed by atoms with Crippen molar-refractivity contribution in [3.8, 4) is 0 Å². The molecule has 2 unspecified atom stereocenters. The van der Waals surface area contributed by atoms with Crippen molar-refractivity contribution in [1.29, 1.82) is 0 Å². The molecule has 0 fully saturated rings. The zero-order chi connectivity index (χ0) is 26.0. The van der Waals surface area contributed by atoms with Crippen LogP contribution in [0.2, 0.25) is 0 Å². The van der Waals surface area contributed by atoms with Crippen LogP contribution in [-0.2, 0) is 14.4 Å². The predicted molar refractivity (Wildman–Crippen MR) is 208 cm³/mol. The van der Waals surface area contributed by atoms with Gasteiger partial charge in [-0.2, -0.15) is 0 Å². The van der Waals surface area contributed by atoms with E-state index in [0.717, 1.165) is 11.3 Å². The van der Waals surface area contributed by atoms with Gasteiger partial charge in [0.25, 0.3) is 17.7 Å². The van der Waals surface area contributed by atoms with E-state index in [0.29, 0.717) is 6.42 Å². The molecule has 0 radical (unpaired) electrons. The third-order valence-corrected chi connectivity index (χ3v) is 4.61. The summed E-state index contributed by atoms with van der Waals surface area (Å²) in [5.41, 5.74) is -4.52. The Morgan fingerprint density at radius 3 is 0.902 bits per heavy atom. The van der Waals surface area contributed by atoms with Gasteiger partial charge in [0, 0.05) is 56.4 Å². The van der Waals surface area contributed by atoms with Gasteiger partial charge in [0.2, 0.25) is 0 Å². The molecule has 0 aliphatic heterocycles. The molecule has 0 spiro atoms. The van der Waals surface area contributed by atoms with Gasteiger partial charge in [-0.05, 0) is 68.2 Å². The molecule has 0 saturated carbocycles. The van der Waals surface area contributed by atoms with Crippen molar-refractivity contribution in [2.45, 2.75) is 185 Å². The van der Waals surface area contributed by atoms with Crippen LogP contribution in [0, 0.1) is 0 Å². The Kier molecular flexibility index (Phi) is 73.8. The number of carbonyl (C=O) groups excluding carboxylic acids is 3. The van der Waals surface area contributed by atoms with Crippen molar-refractivity contribution < 1.29 is 29.7 Å². The summed E-state index contributed by atoms with van der Waals surface area (Å²) in [5, 5.41) is 28.8. The van der Waals surface area contributed by atoms with E-state index in [1.807, 2.05) is 20.8 Å². The largest absolute Gasteiger partial charge is 0.381 e. The summed E-state index contributed by atoms with van der Waals surface area (Å²) in [6.45, 7) is 15.8. The number of halogens is 2. The summed E-state index contributed by atoms with van der Waals surface area (Å²) in [6, 6.07) is -0.184. The molecule has 8 nitrogen and oxygen atoms in total. The van der Waals surface area contributed by atoms with E-state index in [1.54, 1.807) is 18.9 Å². The minimum Gasteiger partial charge on any atom is -0.381 e. The van der Waals surface area contributed by atoms with Crippen LogP contribution in [0.1, 0.15) is 156 Å². The minimum atomic E-state index is -1.63. The lowest BCUT2D eigenvalue weighted by molar-refractivity contribution is -0.167. The Morgan fingerprint density at radius 2 is 0.756 bits per heavy atom. The molecule has 0 aliphatic carbocycles. The molecule has 0 saturated heterocycles. The van der Waals surface area contributed by atoms with E-state index in [-0.39, 0.29) is 92.3 Å². The Balaban J connectivity index is -0.0000000273. The lowest BCUT2D eigenvalue weighted by Gasteiger charge is -2.34. The van der Waals surface area contributed by atoms with Crippen LogP contribution >= 0.6 is 37.2 Å². The number of hydrogen-bond donors (Lipinski definition) is 3. The highest BCUT2D eigenvalue weighted by Crippen LogP contribution is 2.18. The Morgan fingerprint density at radius 1 is 0.561 bits per heavy atom. The lowest BCUT2D eigenvalue weighted by Crippen LogP contribution is -2.57. The van der Waals surface area contributed by atoms with E-state index in [2.05, 4.69) is 37.2 Å². The van der Waals surface area contributed by atoms with E-state index >= 15 is 0 Å². The number of aliphatic hydroxyl groups is 3. The summed E-state index contributed by atoms with van der Waals surface area (Å²) < 4.78 is 0. The van der Waals surface area contributed by atoms with Crippen molar-refractivity contribution in [3.05, 3.63) is 0 Å². The first-order valence-corrected chi connectivity index (χ1v) is 16.5. The molecule has 0 heterocycles. The standard InChI is InChI=1S/C12H23NO4.C9H19NO2.10CH4.I2/c1-7-8(2)13(9(14)11(3,4)16)10(15)12(5,6)17;1-6-7(2)10(5)8(11)9(3,4)12;;;;;;;;;;;1-2/h8,16-17H,7H2,1-6H3;7,12H,6H2,1-5H3;10*1H4;. The van der Waals surface area contributed by atoms with Gasteiger partial charge in [-0.25, -0.2) is 0 Å². The first-order valence-electron chi connectivity index (χ1n) is 10.2. The minimum absolute atomic E-state index is 0. The zero-order valence-electron chi connectivity index (χ0n) is 20.8. The molecule has 0 bridgehead atoms. The Labute approximate surface area is 285 Å². The SMILES string of the molecule is C.C.C.C.C.C.C.C.C.C.CCC(C)N(C(=O)C(C)(C)O)C(=O)C(C)(C)O.CCC(C)N(C)C(=O)C(C)(C)O.II. The summed E-state index contributed by atoms with van der Waals surface area (Å²) in [5.74, 6) is -1.62. The van der Waals surface area contributed by atoms with Gasteiger partial charge in [-0.3, -0.25) is 19.3 Å². The highest BCUT2D eigenvalue weighted by atomic mass is 128. The summed E-state index contributed by atoms with van der Waals surface area (Å²) >= 11 is 4.24. The number of imide groups is 1. The second-order valence-corrected chi connectivity index (χ2v) is 9.09. The van der Waals surface area contributed by atoms with E-state index in [4.69, 9.17) is 0 Å². The van der Waals surface area contributed by atoms with Crippen molar-refractivity contribution >= 4 is 55.0 Å². The number of likely N-dealkylation sites (N-methyl/N-ethyl adjacent to an activating group) is 1. The van der Waals surface area contributed by atoms with Crippen LogP contribution in [0.15, 0.2) is 0 Å². The molecule has 10 heteroatoms. The lowest BCUT2D eigenvalue weighted by atomic mass is 10.0. The average Bonchev–Trinajstić information content (AvgIpc) is 2.65. The summed E-state index contributed by atoms with van der Waals surface area (Å²) in [4.78, 5) is 38.0. The van der Waals surface area contributed by atoms with Crippen molar-refractivity contribution in [2.75, 3.05) is 7.05 Å². The molecule has 41 heavy (non-hydrogen) atoms. The highest BCUT2D eigenvalue weighted by Gasteiger charge is 2.40. The smallest absolute Gasteiger partial charge is 0.260 e. The summed E-state index contributed by atoms with van der Waals surface area (Å²) in [7, 11) is 1.72. The van der Waals surface area contributed by atoms with Gasteiger partial charge in [0.05, 0.1) is 0 Å². The van der Waals surface area contributed by atoms with Crippen molar-refractivity contribution in [3.63, 3.8) is 0 Å². The van der Waals surface area contributed by atoms with Crippen LogP contribution in [0.5, 0.6) is 0 Å². The highest BCUT2D eigenvalue weighted by molar-refractivity contribution is 15.0. The monoisotopic (exact) mass is 832 g/mol. The zero-order valence-corrected chi connectivity index (χ0v) is 25.1. The molecule has 2 atom stereocenters. The second kappa shape index (κ2) is 36.1. The molecular formula is C31H82I2N2O6. The Bertz CT molecular complexity index is 544. The molecule has 0 aromatic carbocycles. The number of amides is 3. The molecule has 0 rings (SSSR count). The van der Waals surface area contributed by atoms with Crippen LogP contribution in [-0.4, -0.2) is 78.8 Å². The second-order valence-electron chi connectivity index (χ2n) is 9.09. The topological polar surface area (TPSA) is 118 Å². The maximum absolute atomic E-state index is 12.0. The van der Waals surface area contributed by atoms with E-state index < -0.39 is 28.6 Å². The third kappa shape index (κ3) is 32.7. The molecule has 0 aliphatic rings. The van der Waals surface area contributed by atoms with Crippen LogP contribution < -0.4 is 0 Å². The van der Waals surface area contributed by atoms with Gasteiger partial charge >= 0.3 is 0 Å². The van der Waals surface area contributed by atoms with E-state index in [9.17, 15) is 29.7 Å². The van der Waals surface area contributed by atoms with Crippen LogP contribution in [0.3, 0.4) is 0 Å². The molecule has 266 valence electrons. The van der Waals surface area contributed by atoms with Gasteiger partial charge in [-0.1, -0.05) is 88.1 Å². The van der Waals surface area contributed by atoms with Gasteiger partial charge < -0.3 is 20.2 Å². The molecule has 0 aromatic rings. The Hall–Kier alpha value is -0.0500. The number of nitrogens with zero attached hydrogens (tertiary/aromatic N) is 2. The van der Waals surface area contributed by atoms with Crippen molar-refractivity contribution in [1.82, 2.24) is 9.80 Å². The molecule has 0 aromatic heterocycles. The first-order chi connectivity index (χ1) is 13.7. The average molecular weight is 833 g/mol. The van der Waals surface area contributed by atoms with Crippen LogP contribution in [0.25, 0.3) is 0 Å². The van der Waals surface area contributed by atoms with Gasteiger partial charge in [-0.15, -0.1) is 0 Å². The molecular weight excluding hydrogens is 750 g/mol. The fourth-order valence-corrected chi connectivity index (χ4v) is 2.17. The predicted octanol–water partition coefficient (Wildman–Crippen LogP) is 9.83. The first kappa shape index (κ1) is 83.7. The van der Waals surface area contributed by atoms with Gasteiger partial charge in [0.1, 0.15) is 16.8 Å². The number of hydrogen-bond acceptors (Lipinski definition) is 6. The van der Waals surface area contributed by atoms with E-state index in [1.165, 1.54) is 41.5 Å². The fraction of sp³-hybridized carbons (Fsp3) is 0.903. The van der Waals surface area contributed by atoms with Crippen LogP contribution in [0.4, 0.5) is 0 Å². The van der Waals surface area contributed by atoms with Gasteiger partial charge in [0.15, 0.2) is 0 Å². The number of carbonyl (C=O) groups is 3. The maximum Gasteiger partial charge on any atom is 0.260 e. The third-order valence-electron chi connectivity index (χ3n) is 4.61. The van der Waals surface area contributed by atoms with Crippen molar-refractivity contribution in [2.24, 2.45) is 0 Å². The normalized spacial score (nSPS) is 10.2. The molecule has 3 amide bonds. The number of rotatable bonds is 7. The quantitative estimate of drug-likeness (QED) is 0.220. The molecule has 3 N–H and O–H groups in total. The fourth-order valence-electron chi connectivity index (χ4n) is 2.17.